The van der Waals surface area contributed by atoms with Gasteiger partial charge in [0.25, 0.3) is 0 Å². The predicted octanol–water partition coefficient (Wildman–Crippen LogP) is 3.76. The standard InChI is InChI=1S/C17H15FN4O2S/c1-2-3-7-24-17(23)14-6-4-5-13(20-14)16-22-21-15(25-16)11-8-12(18)10-19-9-11/h4-6,8-10H,2-3,7H2,1H3. The second-order valence-electron chi connectivity index (χ2n) is 5.20. The highest BCUT2D eigenvalue weighted by Gasteiger charge is 2.14. The van der Waals surface area contributed by atoms with E-state index < -0.39 is 11.8 Å². The fourth-order valence-electron chi connectivity index (χ4n) is 2.02. The summed E-state index contributed by atoms with van der Waals surface area (Å²) in [6.07, 6.45) is 4.40. The third kappa shape index (κ3) is 4.21. The van der Waals surface area contributed by atoms with Crippen molar-refractivity contribution in [3.05, 3.63) is 48.2 Å². The number of unbranched alkanes of at least 4 members (excludes halogenated alkanes) is 1. The highest BCUT2D eigenvalue weighted by atomic mass is 32.1. The van der Waals surface area contributed by atoms with Crippen molar-refractivity contribution in [1.82, 2.24) is 20.2 Å². The minimum atomic E-state index is -0.464. The third-order valence-electron chi connectivity index (χ3n) is 3.29. The van der Waals surface area contributed by atoms with Crippen LogP contribution in [0.1, 0.15) is 30.3 Å². The summed E-state index contributed by atoms with van der Waals surface area (Å²) in [6.45, 7) is 2.39. The lowest BCUT2D eigenvalue weighted by atomic mass is 10.3. The van der Waals surface area contributed by atoms with E-state index in [0.717, 1.165) is 19.0 Å². The Bertz CT molecular complexity index is 884. The zero-order chi connectivity index (χ0) is 17.6. The van der Waals surface area contributed by atoms with Crippen LogP contribution in [0.5, 0.6) is 0 Å². The van der Waals surface area contributed by atoms with Gasteiger partial charge in [-0.3, -0.25) is 4.98 Å². The number of nitrogens with zero attached hydrogens (tertiary/aromatic N) is 4. The van der Waals surface area contributed by atoms with E-state index in [4.69, 9.17) is 4.74 Å². The van der Waals surface area contributed by atoms with Crippen molar-refractivity contribution in [2.45, 2.75) is 19.8 Å². The molecule has 0 aliphatic carbocycles. The third-order valence-corrected chi connectivity index (χ3v) is 4.28. The molecule has 3 rings (SSSR count). The number of pyridine rings is 2. The summed E-state index contributed by atoms with van der Waals surface area (Å²) in [6, 6.07) is 6.38. The number of aromatic nitrogens is 4. The van der Waals surface area contributed by atoms with Crippen LogP contribution >= 0.6 is 11.3 Å². The monoisotopic (exact) mass is 358 g/mol. The smallest absolute Gasteiger partial charge is 0.356 e. The van der Waals surface area contributed by atoms with E-state index in [1.54, 1.807) is 18.2 Å². The van der Waals surface area contributed by atoms with Gasteiger partial charge in [-0.25, -0.2) is 14.2 Å². The van der Waals surface area contributed by atoms with Crippen LogP contribution in [0.15, 0.2) is 36.7 Å². The maximum Gasteiger partial charge on any atom is 0.356 e. The average molecular weight is 358 g/mol. The number of esters is 1. The maximum absolute atomic E-state index is 13.3. The molecule has 0 spiro atoms. The molecule has 0 saturated carbocycles. The Balaban J connectivity index is 1.81. The Morgan fingerprint density at radius 2 is 2.08 bits per heavy atom. The lowest BCUT2D eigenvalue weighted by molar-refractivity contribution is 0.0493. The minimum absolute atomic E-state index is 0.220. The molecule has 0 bridgehead atoms. The molecule has 3 aromatic rings. The quantitative estimate of drug-likeness (QED) is 0.493. The molecule has 0 radical (unpaired) electrons. The molecule has 0 fully saturated rings. The summed E-state index contributed by atoms with van der Waals surface area (Å²) in [5.74, 6) is -0.904. The Morgan fingerprint density at radius 3 is 2.88 bits per heavy atom. The highest BCUT2D eigenvalue weighted by molar-refractivity contribution is 7.17. The van der Waals surface area contributed by atoms with Gasteiger partial charge < -0.3 is 4.74 Å². The number of ether oxygens (including phenoxy) is 1. The predicted molar refractivity (Wildman–Crippen MR) is 91.5 cm³/mol. The number of carbonyl (C=O) groups is 1. The van der Waals surface area contributed by atoms with Gasteiger partial charge >= 0.3 is 5.97 Å². The first-order valence-corrected chi connectivity index (χ1v) is 8.58. The molecule has 8 heteroatoms. The van der Waals surface area contributed by atoms with Gasteiger partial charge in [0.1, 0.15) is 22.2 Å². The number of hydrogen-bond acceptors (Lipinski definition) is 7. The van der Waals surface area contributed by atoms with Crippen molar-refractivity contribution >= 4 is 17.3 Å². The molecule has 0 N–H and O–H groups in total. The Kier molecular flexibility index (Phi) is 5.39. The molecule has 0 saturated heterocycles. The number of carbonyl (C=O) groups excluding carboxylic acids is 1. The average Bonchev–Trinajstić information content (AvgIpc) is 3.12. The van der Waals surface area contributed by atoms with Crippen LogP contribution in [0, 0.1) is 5.82 Å². The number of hydrogen-bond donors (Lipinski definition) is 0. The van der Waals surface area contributed by atoms with E-state index in [1.807, 2.05) is 6.92 Å². The van der Waals surface area contributed by atoms with Crippen molar-refractivity contribution in [3.63, 3.8) is 0 Å². The molecule has 0 amide bonds. The number of halogens is 1. The van der Waals surface area contributed by atoms with E-state index in [2.05, 4.69) is 20.2 Å². The van der Waals surface area contributed by atoms with Gasteiger partial charge in [-0.05, 0) is 24.6 Å². The topological polar surface area (TPSA) is 77.9 Å². The summed E-state index contributed by atoms with van der Waals surface area (Å²) in [5, 5.41) is 9.17. The van der Waals surface area contributed by atoms with Crippen LogP contribution in [0.3, 0.4) is 0 Å². The van der Waals surface area contributed by atoms with Gasteiger partial charge in [0.15, 0.2) is 5.01 Å². The maximum atomic E-state index is 13.3. The Hall–Kier alpha value is -2.74. The summed E-state index contributed by atoms with van der Waals surface area (Å²) in [7, 11) is 0. The van der Waals surface area contributed by atoms with Gasteiger partial charge in [0.2, 0.25) is 0 Å². The lowest BCUT2D eigenvalue weighted by Crippen LogP contribution is -2.08. The van der Waals surface area contributed by atoms with E-state index in [9.17, 15) is 9.18 Å². The van der Waals surface area contributed by atoms with Crippen LogP contribution in [0.25, 0.3) is 21.3 Å². The van der Waals surface area contributed by atoms with E-state index in [-0.39, 0.29) is 5.69 Å². The summed E-state index contributed by atoms with van der Waals surface area (Å²) in [4.78, 5) is 20.1. The highest BCUT2D eigenvalue weighted by Crippen LogP contribution is 2.28. The van der Waals surface area contributed by atoms with Gasteiger partial charge in [-0.2, -0.15) is 0 Å². The summed E-state index contributed by atoms with van der Waals surface area (Å²) >= 11 is 1.25. The first kappa shape index (κ1) is 17.1. The summed E-state index contributed by atoms with van der Waals surface area (Å²) in [5.41, 5.74) is 1.27. The van der Waals surface area contributed by atoms with Gasteiger partial charge in [-0.1, -0.05) is 30.7 Å². The van der Waals surface area contributed by atoms with E-state index in [1.165, 1.54) is 23.6 Å². The largest absolute Gasteiger partial charge is 0.461 e. The zero-order valence-electron chi connectivity index (χ0n) is 13.5. The molecule has 0 aliphatic rings. The van der Waals surface area contributed by atoms with Crippen molar-refractivity contribution in [2.24, 2.45) is 0 Å². The molecule has 0 aliphatic heterocycles. The number of rotatable bonds is 6. The minimum Gasteiger partial charge on any atom is -0.461 e. The van der Waals surface area contributed by atoms with Crippen LogP contribution in [-0.2, 0) is 4.74 Å². The molecule has 3 heterocycles. The zero-order valence-corrected chi connectivity index (χ0v) is 14.3. The second-order valence-corrected chi connectivity index (χ2v) is 6.18. The Labute approximate surface area is 147 Å². The lowest BCUT2D eigenvalue weighted by Gasteiger charge is -2.03. The van der Waals surface area contributed by atoms with Crippen molar-refractivity contribution < 1.29 is 13.9 Å². The second kappa shape index (κ2) is 7.89. The fourth-order valence-corrected chi connectivity index (χ4v) is 2.82. The molecule has 0 atom stereocenters. The molecule has 25 heavy (non-hydrogen) atoms. The van der Waals surface area contributed by atoms with Gasteiger partial charge in [0.05, 0.1) is 12.8 Å². The molecule has 3 aromatic heterocycles. The van der Waals surface area contributed by atoms with E-state index in [0.29, 0.717) is 27.9 Å². The van der Waals surface area contributed by atoms with Crippen LogP contribution in [0.2, 0.25) is 0 Å². The van der Waals surface area contributed by atoms with Crippen LogP contribution in [0.4, 0.5) is 4.39 Å². The fraction of sp³-hybridized carbons (Fsp3) is 0.235. The molecule has 128 valence electrons. The molecular formula is C17H15FN4O2S. The normalized spacial score (nSPS) is 10.6. The Morgan fingerprint density at radius 1 is 1.24 bits per heavy atom. The van der Waals surface area contributed by atoms with Crippen molar-refractivity contribution in [3.8, 4) is 21.3 Å². The van der Waals surface area contributed by atoms with Crippen LogP contribution in [-0.4, -0.2) is 32.7 Å². The van der Waals surface area contributed by atoms with Crippen molar-refractivity contribution in [2.75, 3.05) is 6.61 Å². The first-order chi connectivity index (χ1) is 12.2. The summed E-state index contributed by atoms with van der Waals surface area (Å²) < 4.78 is 18.4. The SMILES string of the molecule is CCCCOC(=O)c1cccc(-c2nnc(-c3cncc(F)c3)s2)n1. The molecule has 6 nitrogen and oxygen atoms in total. The van der Waals surface area contributed by atoms with Crippen molar-refractivity contribution in [1.29, 1.82) is 0 Å². The molecule has 0 unspecified atom stereocenters. The molecule has 0 aromatic carbocycles. The van der Waals surface area contributed by atoms with Gasteiger partial charge in [0, 0.05) is 11.8 Å². The van der Waals surface area contributed by atoms with Crippen LogP contribution < -0.4 is 0 Å². The van der Waals surface area contributed by atoms with Gasteiger partial charge in [-0.15, -0.1) is 10.2 Å². The first-order valence-electron chi connectivity index (χ1n) is 7.76. The molecular weight excluding hydrogens is 343 g/mol. The van der Waals surface area contributed by atoms with E-state index >= 15 is 0 Å².